The third kappa shape index (κ3) is 2.60. The number of carbonyl (C=O) groups excluding carboxylic acids is 1. The van der Waals surface area contributed by atoms with Crippen molar-refractivity contribution in [1.82, 2.24) is 34.6 Å². The number of nitrogens with zero attached hydrogens (tertiary/aromatic N) is 7. The van der Waals surface area contributed by atoms with Crippen LogP contribution >= 0.6 is 0 Å². The van der Waals surface area contributed by atoms with Gasteiger partial charge in [0.15, 0.2) is 23.7 Å². The fraction of sp³-hybridized carbons (Fsp3) is 0.444. The molecule has 144 valence electrons. The largest absolute Gasteiger partial charge is 0.448 e. The SMILES string of the molecule is Cc1ncncc1-c1nnc2n1CC1(CCN(C(=O)c3ncoc3C)C1)OC2. The summed E-state index contributed by atoms with van der Waals surface area (Å²) < 4.78 is 13.4. The highest BCUT2D eigenvalue weighted by Gasteiger charge is 2.45. The minimum Gasteiger partial charge on any atom is -0.448 e. The lowest BCUT2D eigenvalue weighted by Gasteiger charge is -2.34. The number of likely N-dealkylation sites (tertiary alicyclic amines) is 1. The Morgan fingerprint density at radius 1 is 1.21 bits per heavy atom. The number of aromatic nitrogens is 6. The predicted molar refractivity (Wildman–Crippen MR) is 95.1 cm³/mol. The van der Waals surface area contributed by atoms with E-state index >= 15 is 0 Å². The average Bonchev–Trinajstić information content (AvgIpc) is 3.41. The first-order valence-electron chi connectivity index (χ1n) is 9.09. The van der Waals surface area contributed by atoms with Crippen molar-refractivity contribution in [2.75, 3.05) is 13.1 Å². The van der Waals surface area contributed by atoms with Gasteiger partial charge in [-0.05, 0) is 20.3 Å². The minimum atomic E-state index is -0.471. The Balaban J connectivity index is 1.42. The number of hydrogen-bond donors (Lipinski definition) is 0. The van der Waals surface area contributed by atoms with Crippen LogP contribution in [0.15, 0.2) is 23.3 Å². The fourth-order valence-corrected chi connectivity index (χ4v) is 3.89. The summed E-state index contributed by atoms with van der Waals surface area (Å²) in [7, 11) is 0. The zero-order chi connectivity index (χ0) is 19.3. The second-order valence-electron chi connectivity index (χ2n) is 7.25. The van der Waals surface area contributed by atoms with Crippen LogP contribution in [0.2, 0.25) is 0 Å². The van der Waals surface area contributed by atoms with E-state index in [2.05, 4.69) is 29.7 Å². The first kappa shape index (κ1) is 17.0. The third-order valence-electron chi connectivity index (χ3n) is 5.48. The van der Waals surface area contributed by atoms with Gasteiger partial charge in [-0.15, -0.1) is 10.2 Å². The maximum atomic E-state index is 12.8. The number of amides is 1. The molecular weight excluding hydrogens is 362 g/mol. The van der Waals surface area contributed by atoms with E-state index in [-0.39, 0.29) is 5.91 Å². The van der Waals surface area contributed by atoms with Crippen molar-refractivity contribution < 1.29 is 13.9 Å². The van der Waals surface area contributed by atoms with Crippen molar-refractivity contribution in [3.8, 4) is 11.4 Å². The van der Waals surface area contributed by atoms with E-state index in [1.54, 1.807) is 18.0 Å². The number of carbonyl (C=O) groups is 1. The zero-order valence-electron chi connectivity index (χ0n) is 15.6. The smallest absolute Gasteiger partial charge is 0.276 e. The summed E-state index contributed by atoms with van der Waals surface area (Å²) in [5.74, 6) is 1.89. The molecule has 1 atom stereocenters. The summed E-state index contributed by atoms with van der Waals surface area (Å²) in [5.41, 5.74) is 1.58. The van der Waals surface area contributed by atoms with E-state index in [1.165, 1.54) is 12.7 Å². The van der Waals surface area contributed by atoms with Crippen molar-refractivity contribution in [3.05, 3.63) is 41.9 Å². The molecule has 10 heteroatoms. The molecule has 5 heterocycles. The van der Waals surface area contributed by atoms with Gasteiger partial charge >= 0.3 is 0 Å². The van der Waals surface area contributed by atoms with Crippen LogP contribution in [0.1, 0.15) is 34.2 Å². The summed E-state index contributed by atoms with van der Waals surface area (Å²) in [6.45, 7) is 5.67. The molecule has 1 fully saturated rings. The van der Waals surface area contributed by atoms with Gasteiger partial charge in [0.1, 0.15) is 24.3 Å². The van der Waals surface area contributed by atoms with Crippen molar-refractivity contribution in [2.45, 2.75) is 39.0 Å². The van der Waals surface area contributed by atoms with Gasteiger partial charge in [0.25, 0.3) is 5.91 Å². The molecule has 0 radical (unpaired) electrons. The Morgan fingerprint density at radius 3 is 2.89 bits per heavy atom. The summed E-state index contributed by atoms with van der Waals surface area (Å²) in [6, 6.07) is 0. The molecule has 0 N–H and O–H groups in total. The van der Waals surface area contributed by atoms with Gasteiger partial charge in [-0.1, -0.05) is 0 Å². The van der Waals surface area contributed by atoms with E-state index in [1.807, 2.05) is 6.92 Å². The van der Waals surface area contributed by atoms with E-state index in [0.29, 0.717) is 37.7 Å². The van der Waals surface area contributed by atoms with Gasteiger partial charge in [0, 0.05) is 12.7 Å². The molecule has 1 amide bonds. The second-order valence-corrected chi connectivity index (χ2v) is 7.25. The summed E-state index contributed by atoms with van der Waals surface area (Å²) in [6.07, 6.45) is 5.30. The molecule has 10 nitrogen and oxygen atoms in total. The van der Waals surface area contributed by atoms with Crippen molar-refractivity contribution >= 4 is 5.91 Å². The molecule has 5 rings (SSSR count). The number of aryl methyl sites for hydroxylation is 2. The average molecular weight is 381 g/mol. The molecule has 0 saturated carbocycles. The van der Waals surface area contributed by atoms with Crippen LogP contribution < -0.4 is 0 Å². The lowest BCUT2D eigenvalue weighted by Crippen LogP contribution is -2.45. The Kier molecular flexibility index (Phi) is 3.76. The molecular formula is C18H19N7O3. The maximum Gasteiger partial charge on any atom is 0.276 e. The molecule has 28 heavy (non-hydrogen) atoms. The van der Waals surface area contributed by atoms with E-state index in [4.69, 9.17) is 9.15 Å². The molecule has 2 aliphatic rings. The lowest BCUT2D eigenvalue weighted by atomic mass is 10.0. The highest BCUT2D eigenvalue weighted by atomic mass is 16.5. The van der Waals surface area contributed by atoms with Gasteiger partial charge in [0.2, 0.25) is 0 Å². The van der Waals surface area contributed by atoms with Crippen LogP contribution in [0.25, 0.3) is 11.4 Å². The number of hydrogen-bond acceptors (Lipinski definition) is 8. The topological polar surface area (TPSA) is 112 Å². The van der Waals surface area contributed by atoms with Crippen LogP contribution in [0.3, 0.4) is 0 Å². The van der Waals surface area contributed by atoms with Crippen molar-refractivity contribution in [3.63, 3.8) is 0 Å². The summed E-state index contributed by atoms with van der Waals surface area (Å²) >= 11 is 0. The normalized spacial score (nSPS) is 21.3. The van der Waals surface area contributed by atoms with Gasteiger partial charge in [-0.2, -0.15) is 0 Å². The fourth-order valence-electron chi connectivity index (χ4n) is 3.89. The molecule has 0 bridgehead atoms. The van der Waals surface area contributed by atoms with E-state index in [0.717, 1.165) is 29.3 Å². The molecule has 0 aromatic carbocycles. The number of oxazole rings is 1. The third-order valence-corrected chi connectivity index (χ3v) is 5.48. The first-order chi connectivity index (χ1) is 13.6. The van der Waals surface area contributed by atoms with E-state index in [9.17, 15) is 4.79 Å². The Hall–Kier alpha value is -3.14. The Morgan fingerprint density at radius 2 is 2.11 bits per heavy atom. The van der Waals surface area contributed by atoms with Crippen molar-refractivity contribution in [2.24, 2.45) is 0 Å². The first-order valence-corrected chi connectivity index (χ1v) is 9.09. The monoisotopic (exact) mass is 381 g/mol. The minimum absolute atomic E-state index is 0.131. The molecule has 2 aliphatic heterocycles. The van der Waals surface area contributed by atoms with Crippen LogP contribution in [0.5, 0.6) is 0 Å². The highest BCUT2D eigenvalue weighted by molar-refractivity contribution is 5.93. The lowest BCUT2D eigenvalue weighted by molar-refractivity contribution is -0.0805. The van der Waals surface area contributed by atoms with E-state index < -0.39 is 5.60 Å². The van der Waals surface area contributed by atoms with Gasteiger partial charge in [0.05, 0.1) is 24.3 Å². The number of fused-ring (bicyclic) bond motifs is 1. The molecule has 3 aromatic heterocycles. The maximum absolute atomic E-state index is 12.8. The predicted octanol–water partition coefficient (Wildman–Crippen LogP) is 1.16. The molecule has 0 aliphatic carbocycles. The zero-order valence-corrected chi connectivity index (χ0v) is 15.6. The van der Waals surface area contributed by atoms with Crippen LogP contribution in [0.4, 0.5) is 0 Å². The number of ether oxygens (including phenoxy) is 1. The van der Waals surface area contributed by atoms with Gasteiger partial charge in [-0.3, -0.25) is 4.79 Å². The van der Waals surface area contributed by atoms with Crippen LogP contribution in [-0.4, -0.2) is 59.2 Å². The van der Waals surface area contributed by atoms with Crippen LogP contribution in [0, 0.1) is 13.8 Å². The Labute approximate surface area is 160 Å². The summed E-state index contributed by atoms with van der Waals surface area (Å²) in [4.78, 5) is 27.0. The standard InChI is InChI=1S/C18H19N7O3/c1-11-13(5-19-9-20-11)16-23-22-14-6-28-18(8-25(14)16)3-4-24(7-18)17(26)15-12(2)27-10-21-15/h5,9-10H,3-4,6-8H2,1-2H3. The van der Waals surface area contributed by atoms with Gasteiger partial charge in [-0.25, -0.2) is 15.0 Å². The highest BCUT2D eigenvalue weighted by Crippen LogP contribution is 2.35. The second kappa shape index (κ2) is 6.20. The number of rotatable bonds is 2. The quantitative estimate of drug-likeness (QED) is 0.650. The molecule has 1 spiro atoms. The van der Waals surface area contributed by atoms with Gasteiger partial charge < -0.3 is 18.6 Å². The summed E-state index contributed by atoms with van der Waals surface area (Å²) in [5, 5.41) is 8.60. The molecule has 1 saturated heterocycles. The molecule has 3 aromatic rings. The van der Waals surface area contributed by atoms with Crippen LogP contribution in [-0.2, 0) is 17.9 Å². The molecule has 1 unspecified atom stereocenters. The Bertz CT molecular complexity index is 1060. The van der Waals surface area contributed by atoms with Crippen molar-refractivity contribution in [1.29, 1.82) is 0 Å².